The number of hydrogen-bond donors (Lipinski definition) is 0. The van der Waals surface area contributed by atoms with E-state index in [0.717, 1.165) is 44.6 Å². The van der Waals surface area contributed by atoms with E-state index in [4.69, 9.17) is 14.6 Å². The van der Waals surface area contributed by atoms with Crippen molar-refractivity contribution in [1.29, 1.82) is 0 Å². The summed E-state index contributed by atoms with van der Waals surface area (Å²) < 4.78 is 11.2. The van der Waals surface area contributed by atoms with E-state index in [1.165, 1.54) is 12.1 Å². The average Bonchev–Trinajstić information content (AvgIpc) is 3.33. The van der Waals surface area contributed by atoms with Gasteiger partial charge in [-0.05, 0) is 50.1 Å². The van der Waals surface area contributed by atoms with E-state index in [1.807, 2.05) is 30.3 Å². The first kappa shape index (κ1) is 18.6. The molecule has 1 aromatic heterocycles. The molecule has 1 unspecified atom stereocenters. The molecule has 30 heavy (non-hydrogen) atoms. The maximum Gasteiger partial charge on any atom is 0.269 e. The van der Waals surface area contributed by atoms with Crippen molar-refractivity contribution in [2.24, 2.45) is 5.10 Å². The van der Waals surface area contributed by atoms with Crippen LogP contribution in [-0.4, -0.2) is 28.5 Å². The van der Waals surface area contributed by atoms with E-state index in [-0.39, 0.29) is 18.5 Å². The number of fused-ring (bicyclic) bond motifs is 2. The molecule has 0 fully saturated rings. The summed E-state index contributed by atoms with van der Waals surface area (Å²) in [6.07, 6.45) is 2.58. The summed E-state index contributed by atoms with van der Waals surface area (Å²) in [4.78, 5) is 16.3. The lowest BCUT2D eigenvalue weighted by Gasteiger charge is -2.22. The van der Waals surface area contributed by atoms with Crippen LogP contribution in [0.15, 0.2) is 47.7 Å². The van der Waals surface area contributed by atoms with Crippen LogP contribution in [0.25, 0.3) is 0 Å². The molecule has 3 heterocycles. The molecule has 0 bridgehead atoms. The molecule has 8 nitrogen and oxygen atoms in total. The normalized spacial score (nSPS) is 17.3. The van der Waals surface area contributed by atoms with E-state index in [2.05, 4.69) is 11.9 Å². The Morgan fingerprint density at radius 2 is 1.93 bits per heavy atom. The molecule has 5 rings (SSSR count). The molecule has 152 valence electrons. The van der Waals surface area contributed by atoms with Gasteiger partial charge in [-0.3, -0.25) is 10.1 Å². The maximum atomic E-state index is 11.1. The van der Waals surface area contributed by atoms with Gasteiger partial charge in [-0.15, -0.1) is 11.3 Å². The minimum absolute atomic E-state index is 0.0413. The second-order valence-corrected chi connectivity index (χ2v) is 8.48. The summed E-state index contributed by atoms with van der Waals surface area (Å²) >= 11 is 1.58. The Morgan fingerprint density at radius 1 is 1.20 bits per heavy atom. The number of aromatic nitrogens is 1. The molecule has 0 N–H and O–H groups in total. The summed E-state index contributed by atoms with van der Waals surface area (Å²) in [5.41, 5.74) is 3.55. The first-order valence-electron chi connectivity index (χ1n) is 9.47. The summed E-state index contributed by atoms with van der Waals surface area (Å²) in [5.74, 6) is 1.40. The molecule has 0 saturated heterocycles. The Balaban J connectivity index is 1.68. The predicted octanol–water partition coefficient (Wildman–Crippen LogP) is 4.29. The fraction of sp³-hybridized carbons (Fsp3) is 0.238. The molecule has 0 radical (unpaired) electrons. The largest absolute Gasteiger partial charge is 0.454 e. The van der Waals surface area contributed by atoms with Crippen LogP contribution in [-0.2, 0) is 6.42 Å². The average molecular weight is 422 g/mol. The molecule has 0 amide bonds. The van der Waals surface area contributed by atoms with Crippen LogP contribution >= 0.6 is 11.3 Å². The van der Waals surface area contributed by atoms with Crippen LogP contribution in [0, 0.1) is 17.0 Å². The summed E-state index contributed by atoms with van der Waals surface area (Å²) in [6.45, 7) is 4.31. The van der Waals surface area contributed by atoms with Crippen LogP contribution in [0.3, 0.4) is 0 Å². The van der Waals surface area contributed by atoms with Gasteiger partial charge in [0.2, 0.25) is 11.9 Å². The zero-order valence-corrected chi connectivity index (χ0v) is 17.2. The molecular formula is C21H18N4O4S. The van der Waals surface area contributed by atoms with Crippen LogP contribution in [0.1, 0.15) is 28.5 Å². The van der Waals surface area contributed by atoms with Gasteiger partial charge in [0.1, 0.15) is 0 Å². The monoisotopic (exact) mass is 422 g/mol. The van der Waals surface area contributed by atoms with Crippen molar-refractivity contribution < 1.29 is 14.4 Å². The number of aryl methyl sites for hydroxylation is 1. The van der Waals surface area contributed by atoms with Crippen molar-refractivity contribution in [3.05, 3.63) is 74.3 Å². The minimum atomic E-state index is -0.405. The summed E-state index contributed by atoms with van der Waals surface area (Å²) in [5, 5.41) is 18.8. The number of hydrogen-bond acceptors (Lipinski definition) is 8. The summed E-state index contributed by atoms with van der Waals surface area (Å²) in [6, 6.07) is 10.5. The number of thiazole rings is 1. The highest BCUT2D eigenvalue weighted by molar-refractivity contribution is 7.15. The zero-order valence-electron chi connectivity index (χ0n) is 16.4. The number of nitrogens with zero attached hydrogens (tertiary/aromatic N) is 4. The molecule has 2 aliphatic rings. The van der Waals surface area contributed by atoms with Crippen LogP contribution < -0.4 is 14.5 Å². The van der Waals surface area contributed by atoms with Gasteiger partial charge in [0.15, 0.2) is 11.5 Å². The Morgan fingerprint density at radius 3 is 2.60 bits per heavy atom. The lowest BCUT2D eigenvalue weighted by atomic mass is 9.94. The number of anilines is 1. The van der Waals surface area contributed by atoms with Crippen molar-refractivity contribution in [2.75, 3.05) is 11.8 Å². The molecule has 0 saturated carbocycles. The summed E-state index contributed by atoms with van der Waals surface area (Å²) in [7, 11) is 0. The quantitative estimate of drug-likeness (QED) is 0.462. The van der Waals surface area contributed by atoms with Crippen molar-refractivity contribution in [3.63, 3.8) is 0 Å². The Bertz CT molecular complexity index is 1170. The number of non-ortho nitro benzene ring substituents is 1. The third kappa shape index (κ3) is 3.17. The smallest absolute Gasteiger partial charge is 0.269 e. The first-order chi connectivity index (χ1) is 14.5. The van der Waals surface area contributed by atoms with E-state index in [0.29, 0.717) is 5.75 Å². The molecular weight excluding hydrogens is 404 g/mol. The molecule has 9 heteroatoms. The molecule has 0 aliphatic carbocycles. The number of ether oxygens (including phenoxy) is 2. The van der Waals surface area contributed by atoms with Crippen molar-refractivity contribution >= 4 is 27.9 Å². The van der Waals surface area contributed by atoms with E-state index >= 15 is 0 Å². The highest BCUT2D eigenvalue weighted by atomic mass is 32.1. The highest BCUT2D eigenvalue weighted by Crippen LogP contribution is 2.38. The lowest BCUT2D eigenvalue weighted by molar-refractivity contribution is -0.384. The van der Waals surface area contributed by atoms with Crippen molar-refractivity contribution in [3.8, 4) is 11.5 Å². The number of nitro benzene ring substituents is 1. The van der Waals surface area contributed by atoms with E-state index < -0.39 is 4.92 Å². The topological polar surface area (TPSA) is 90.1 Å². The third-order valence-corrected chi connectivity index (χ3v) is 6.05. The van der Waals surface area contributed by atoms with Gasteiger partial charge in [-0.1, -0.05) is 0 Å². The predicted molar refractivity (Wildman–Crippen MR) is 114 cm³/mol. The van der Waals surface area contributed by atoms with Crippen LogP contribution in [0.4, 0.5) is 10.8 Å². The Kier molecular flexibility index (Phi) is 4.39. The third-order valence-electron chi connectivity index (χ3n) is 5.15. The maximum absolute atomic E-state index is 11.1. The number of rotatable bonds is 3. The van der Waals surface area contributed by atoms with Gasteiger partial charge in [-0.25, -0.2) is 9.99 Å². The fourth-order valence-corrected chi connectivity index (χ4v) is 4.49. The van der Waals surface area contributed by atoms with Crippen molar-refractivity contribution in [1.82, 2.24) is 4.98 Å². The van der Waals surface area contributed by atoms with Gasteiger partial charge in [-0.2, -0.15) is 5.10 Å². The SMILES string of the molecule is Cc1cnc(N2N=C(c3ccc([N+](=O)[O-])cc3)c3cc4c(cc3CC2C)OCO4)s1. The second-order valence-electron chi connectivity index (χ2n) is 7.27. The van der Waals surface area contributed by atoms with Gasteiger partial charge >= 0.3 is 0 Å². The van der Waals surface area contributed by atoms with Crippen LogP contribution in [0.5, 0.6) is 11.5 Å². The zero-order chi connectivity index (χ0) is 20.8. The Hall–Kier alpha value is -3.46. The molecule has 3 aromatic rings. The number of nitro groups is 1. The molecule has 0 spiro atoms. The lowest BCUT2D eigenvalue weighted by Crippen LogP contribution is -2.29. The standard InChI is InChI=1S/C21H18N4O4S/c1-12-7-15-8-18-19(29-11-28-18)9-17(15)20(14-3-5-16(6-4-14)25(26)27)23-24(12)21-22-10-13(2)30-21/h3-6,8-10,12H,7,11H2,1-2H3. The van der Waals surface area contributed by atoms with E-state index in [1.54, 1.807) is 23.5 Å². The van der Waals surface area contributed by atoms with E-state index in [9.17, 15) is 10.1 Å². The van der Waals surface area contributed by atoms with Crippen LogP contribution in [0.2, 0.25) is 0 Å². The highest BCUT2D eigenvalue weighted by Gasteiger charge is 2.28. The van der Waals surface area contributed by atoms with Crippen molar-refractivity contribution in [2.45, 2.75) is 26.3 Å². The number of hydrazone groups is 1. The molecule has 2 aliphatic heterocycles. The van der Waals surface area contributed by atoms with Gasteiger partial charge in [0.25, 0.3) is 5.69 Å². The fourth-order valence-electron chi connectivity index (χ4n) is 3.67. The Labute approximate surface area is 176 Å². The van der Waals surface area contributed by atoms with Gasteiger partial charge in [0.05, 0.1) is 16.7 Å². The minimum Gasteiger partial charge on any atom is -0.454 e. The molecule has 2 aromatic carbocycles. The second kappa shape index (κ2) is 7.10. The molecule has 1 atom stereocenters. The van der Waals surface area contributed by atoms with Gasteiger partial charge < -0.3 is 9.47 Å². The number of benzene rings is 2. The first-order valence-corrected chi connectivity index (χ1v) is 10.3. The van der Waals surface area contributed by atoms with Gasteiger partial charge in [0, 0.05) is 34.3 Å².